The molecule has 5 rings (SSSR count). The Kier molecular flexibility index (Phi) is 6.26. The fourth-order valence-corrected chi connectivity index (χ4v) is 5.03. The summed E-state index contributed by atoms with van der Waals surface area (Å²) in [5, 5.41) is 4.62. The van der Waals surface area contributed by atoms with Crippen molar-refractivity contribution in [3.8, 4) is 5.75 Å². The van der Waals surface area contributed by atoms with Crippen molar-refractivity contribution in [3.63, 3.8) is 0 Å². The number of methoxy groups -OCH3 is 1. The molecule has 1 fully saturated rings. The van der Waals surface area contributed by atoms with Crippen LogP contribution in [0.25, 0.3) is 10.8 Å². The molecule has 194 valence electrons. The molecule has 0 saturated carbocycles. The smallest absolute Gasteiger partial charge is 0.325 e. The molecule has 4 aromatic rings. The minimum atomic E-state index is -1.30. The fourth-order valence-electron chi connectivity index (χ4n) is 5.03. The van der Waals surface area contributed by atoms with Gasteiger partial charge in [0.05, 0.1) is 13.7 Å². The van der Waals surface area contributed by atoms with E-state index in [4.69, 9.17) is 4.74 Å². The van der Waals surface area contributed by atoms with Gasteiger partial charge in [-0.3, -0.25) is 14.5 Å². The molecule has 1 N–H and O–H groups in total. The molecule has 7 nitrogen and oxygen atoms in total. The van der Waals surface area contributed by atoms with Crippen LogP contribution >= 0.6 is 0 Å². The largest absolute Gasteiger partial charge is 0.497 e. The van der Waals surface area contributed by atoms with Gasteiger partial charge in [0.1, 0.15) is 17.1 Å². The summed E-state index contributed by atoms with van der Waals surface area (Å²) in [5.74, 6) is -0.399. The SMILES string of the molecule is COc1ccc2cc(C3(C)NC(=O)N(CC(=O)c4cc(C)n(Cc5ccc(F)cc5)c4C)C3=O)ccc2c1. The van der Waals surface area contributed by atoms with Crippen LogP contribution in [0.5, 0.6) is 5.75 Å². The Bertz CT molecular complexity index is 1590. The first-order valence-corrected chi connectivity index (χ1v) is 12.3. The molecule has 1 aliphatic heterocycles. The number of hydrogen-bond acceptors (Lipinski definition) is 4. The van der Waals surface area contributed by atoms with Gasteiger partial charge < -0.3 is 14.6 Å². The molecule has 38 heavy (non-hydrogen) atoms. The van der Waals surface area contributed by atoms with Crippen molar-refractivity contribution in [1.29, 1.82) is 0 Å². The Hall–Kier alpha value is -4.46. The summed E-state index contributed by atoms with van der Waals surface area (Å²) in [6, 6.07) is 18.5. The number of carbonyl (C=O) groups excluding carboxylic acids is 3. The molecule has 1 aliphatic rings. The van der Waals surface area contributed by atoms with E-state index in [1.165, 1.54) is 12.1 Å². The summed E-state index contributed by atoms with van der Waals surface area (Å²) in [6.45, 7) is 5.46. The summed E-state index contributed by atoms with van der Waals surface area (Å²) in [7, 11) is 1.60. The molecule has 8 heteroatoms. The maximum Gasteiger partial charge on any atom is 0.325 e. The van der Waals surface area contributed by atoms with Gasteiger partial charge in [0.15, 0.2) is 5.78 Å². The third kappa shape index (κ3) is 4.32. The number of Topliss-reactive ketones (excluding diaryl/α,β-unsaturated/α-hetero) is 1. The standard InChI is InChI=1S/C30H28FN3O4/c1-18-13-26(19(2)33(18)16-20-5-10-24(31)11-6-20)27(35)17-34-28(36)30(3,32-29(34)37)23-9-7-22-15-25(38-4)12-8-21(22)14-23/h5-15H,16-17H2,1-4H3,(H,32,37). The second kappa shape index (κ2) is 9.45. The van der Waals surface area contributed by atoms with E-state index >= 15 is 0 Å². The Morgan fingerprint density at radius 3 is 2.37 bits per heavy atom. The zero-order chi connectivity index (χ0) is 27.2. The van der Waals surface area contributed by atoms with Crippen LogP contribution in [0.3, 0.4) is 0 Å². The van der Waals surface area contributed by atoms with Crippen LogP contribution < -0.4 is 10.1 Å². The van der Waals surface area contributed by atoms with Crippen molar-refractivity contribution in [2.75, 3.05) is 13.7 Å². The van der Waals surface area contributed by atoms with Crippen LogP contribution in [-0.2, 0) is 16.9 Å². The zero-order valence-corrected chi connectivity index (χ0v) is 21.7. The number of aromatic nitrogens is 1. The molecule has 1 unspecified atom stereocenters. The van der Waals surface area contributed by atoms with Crippen molar-refractivity contribution < 1.29 is 23.5 Å². The predicted molar refractivity (Wildman–Crippen MR) is 142 cm³/mol. The third-order valence-electron chi connectivity index (χ3n) is 7.33. The van der Waals surface area contributed by atoms with E-state index in [0.29, 0.717) is 17.7 Å². The number of hydrogen-bond donors (Lipinski definition) is 1. The number of benzene rings is 3. The van der Waals surface area contributed by atoms with E-state index in [1.807, 2.05) is 48.7 Å². The summed E-state index contributed by atoms with van der Waals surface area (Å²) in [5.41, 5.74) is 2.23. The molecule has 0 aliphatic carbocycles. The molecule has 3 aromatic carbocycles. The van der Waals surface area contributed by atoms with E-state index in [1.54, 1.807) is 38.3 Å². The average molecular weight is 514 g/mol. The average Bonchev–Trinajstić information content (AvgIpc) is 3.31. The maximum atomic E-state index is 13.5. The number of ether oxygens (including phenoxy) is 1. The molecule has 1 saturated heterocycles. The number of urea groups is 1. The predicted octanol–water partition coefficient (Wildman–Crippen LogP) is 5.10. The Balaban J connectivity index is 1.37. The summed E-state index contributed by atoms with van der Waals surface area (Å²) in [6.07, 6.45) is 0. The minimum absolute atomic E-state index is 0.310. The molecule has 1 atom stereocenters. The zero-order valence-electron chi connectivity index (χ0n) is 21.7. The van der Waals surface area contributed by atoms with Gasteiger partial charge in [0, 0.05) is 23.5 Å². The van der Waals surface area contributed by atoms with Gasteiger partial charge in [-0.15, -0.1) is 0 Å². The molecule has 3 amide bonds. The number of imide groups is 1. The number of nitrogens with one attached hydrogen (secondary N) is 1. The molecular weight excluding hydrogens is 485 g/mol. The topological polar surface area (TPSA) is 80.6 Å². The highest BCUT2D eigenvalue weighted by molar-refractivity contribution is 6.11. The van der Waals surface area contributed by atoms with Crippen LogP contribution in [-0.4, -0.2) is 40.8 Å². The van der Waals surface area contributed by atoms with Crippen LogP contribution in [0.4, 0.5) is 9.18 Å². The number of rotatable bonds is 7. The van der Waals surface area contributed by atoms with Crippen molar-refractivity contribution in [3.05, 3.63) is 101 Å². The normalized spacial score (nSPS) is 17.2. The third-order valence-corrected chi connectivity index (χ3v) is 7.33. The quantitative estimate of drug-likeness (QED) is 0.275. The molecule has 1 aromatic heterocycles. The first-order chi connectivity index (χ1) is 18.1. The minimum Gasteiger partial charge on any atom is -0.497 e. The van der Waals surface area contributed by atoms with Gasteiger partial charge in [-0.05, 0) is 79.1 Å². The van der Waals surface area contributed by atoms with Crippen molar-refractivity contribution in [1.82, 2.24) is 14.8 Å². The van der Waals surface area contributed by atoms with Crippen LogP contribution in [0.2, 0.25) is 0 Å². The first kappa shape index (κ1) is 25.2. The van der Waals surface area contributed by atoms with E-state index in [2.05, 4.69) is 5.32 Å². The number of carbonyl (C=O) groups is 3. The number of amides is 3. The summed E-state index contributed by atoms with van der Waals surface area (Å²) >= 11 is 0. The van der Waals surface area contributed by atoms with Gasteiger partial charge in [0.2, 0.25) is 0 Å². The van der Waals surface area contributed by atoms with E-state index in [-0.39, 0.29) is 18.1 Å². The van der Waals surface area contributed by atoms with Gasteiger partial charge >= 0.3 is 6.03 Å². The van der Waals surface area contributed by atoms with Crippen LogP contribution in [0.15, 0.2) is 66.7 Å². The number of ketones is 1. The number of halogens is 1. The molecular formula is C30H28FN3O4. The lowest BCUT2D eigenvalue weighted by Crippen LogP contribution is -2.41. The van der Waals surface area contributed by atoms with Gasteiger partial charge in [-0.25, -0.2) is 9.18 Å². The molecule has 0 bridgehead atoms. The lowest BCUT2D eigenvalue weighted by atomic mass is 9.90. The van der Waals surface area contributed by atoms with E-state index in [0.717, 1.165) is 38.4 Å². The van der Waals surface area contributed by atoms with Crippen LogP contribution in [0.1, 0.15) is 39.8 Å². The van der Waals surface area contributed by atoms with E-state index < -0.39 is 17.5 Å². The Labute approximate surface area is 219 Å². The van der Waals surface area contributed by atoms with Crippen molar-refractivity contribution in [2.45, 2.75) is 32.9 Å². The van der Waals surface area contributed by atoms with Gasteiger partial charge in [-0.1, -0.05) is 30.3 Å². The Morgan fingerprint density at radius 1 is 0.974 bits per heavy atom. The summed E-state index contributed by atoms with van der Waals surface area (Å²) in [4.78, 5) is 40.7. The molecule has 2 heterocycles. The number of aryl methyl sites for hydroxylation is 1. The lowest BCUT2D eigenvalue weighted by molar-refractivity contribution is -0.130. The van der Waals surface area contributed by atoms with Crippen molar-refractivity contribution in [2.24, 2.45) is 0 Å². The highest BCUT2D eigenvalue weighted by atomic mass is 19.1. The number of nitrogens with zero attached hydrogens (tertiary/aromatic N) is 2. The summed E-state index contributed by atoms with van der Waals surface area (Å²) < 4.78 is 20.5. The van der Waals surface area contributed by atoms with Crippen LogP contribution in [0, 0.1) is 19.7 Å². The molecule has 0 spiro atoms. The fraction of sp³-hybridized carbons (Fsp3) is 0.233. The lowest BCUT2D eigenvalue weighted by Gasteiger charge is -2.22. The monoisotopic (exact) mass is 513 g/mol. The first-order valence-electron chi connectivity index (χ1n) is 12.3. The Morgan fingerprint density at radius 2 is 1.66 bits per heavy atom. The molecule has 0 radical (unpaired) electrons. The van der Waals surface area contributed by atoms with E-state index in [9.17, 15) is 18.8 Å². The second-order valence-electron chi connectivity index (χ2n) is 9.79. The second-order valence-corrected chi connectivity index (χ2v) is 9.79. The van der Waals surface area contributed by atoms with Gasteiger partial charge in [0.25, 0.3) is 5.91 Å². The number of fused-ring (bicyclic) bond motifs is 1. The highest BCUT2D eigenvalue weighted by Gasteiger charge is 2.49. The van der Waals surface area contributed by atoms with Gasteiger partial charge in [-0.2, -0.15) is 0 Å². The highest BCUT2D eigenvalue weighted by Crippen LogP contribution is 2.32. The van der Waals surface area contributed by atoms with Crippen molar-refractivity contribution >= 4 is 28.5 Å². The maximum absolute atomic E-state index is 13.5.